The van der Waals surface area contributed by atoms with Gasteiger partial charge in [0, 0.05) is 25.2 Å². The number of amides is 2. The van der Waals surface area contributed by atoms with Crippen molar-refractivity contribution in [3.8, 4) is 0 Å². The van der Waals surface area contributed by atoms with Crippen molar-refractivity contribution < 1.29 is 9.59 Å². The summed E-state index contributed by atoms with van der Waals surface area (Å²) in [5.41, 5.74) is 8.00. The number of aromatic nitrogens is 2. The van der Waals surface area contributed by atoms with Crippen molar-refractivity contribution in [3.05, 3.63) is 47.2 Å². The Bertz CT molecular complexity index is 676. The second kappa shape index (κ2) is 6.75. The van der Waals surface area contributed by atoms with Crippen molar-refractivity contribution in [2.75, 3.05) is 12.8 Å². The topological polar surface area (TPSA) is 102 Å². The number of hydrogen-bond acceptors (Lipinski definition) is 4. The molecule has 1 aromatic carbocycles. The Labute approximate surface area is 128 Å². The summed E-state index contributed by atoms with van der Waals surface area (Å²) < 4.78 is 1.46. The highest BCUT2D eigenvalue weighted by Crippen LogP contribution is 2.06. The van der Waals surface area contributed by atoms with E-state index in [9.17, 15) is 9.59 Å². The molecular formula is C15H19N5O2. The molecule has 0 unspecified atom stereocenters. The van der Waals surface area contributed by atoms with E-state index in [1.54, 1.807) is 37.4 Å². The number of benzene rings is 1. The van der Waals surface area contributed by atoms with E-state index < -0.39 is 0 Å². The lowest BCUT2D eigenvalue weighted by molar-refractivity contribution is -0.122. The molecule has 0 fully saturated rings. The third-order valence-corrected chi connectivity index (χ3v) is 3.16. The number of anilines is 1. The van der Waals surface area contributed by atoms with E-state index in [-0.39, 0.29) is 18.4 Å². The molecule has 0 spiro atoms. The fourth-order valence-electron chi connectivity index (χ4n) is 2.00. The maximum atomic E-state index is 11.9. The van der Waals surface area contributed by atoms with Gasteiger partial charge in [0.2, 0.25) is 5.91 Å². The monoisotopic (exact) mass is 301 g/mol. The average Bonchev–Trinajstić information content (AvgIpc) is 2.82. The lowest BCUT2D eigenvalue weighted by atomic mass is 10.1. The molecule has 1 heterocycles. The molecule has 0 bridgehead atoms. The van der Waals surface area contributed by atoms with E-state index in [0.717, 1.165) is 11.3 Å². The Kier molecular flexibility index (Phi) is 4.77. The highest BCUT2D eigenvalue weighted by Gasteiger charge is 2.08. The van der Waals surface area contributed by atoms with Gasteiger partial charge in [0.25, 0.3) is 5.91 Å². The Hall–Kier alpha value is -2.83. The summed E-state index contributed by atoms with van der Waals surface area (Å²) in [6.07, 6.45) is 0. The minimum absolute atomic E-state index is 0.0794. The van der Waals surface area contributed by atoms with Crippen molar-refractivity contribution in [2.45, 2.75) is 20.0 Å². The average molecular weight is 301 g/mol. The molecule has 2 amide bonds. The zero-order chi connectivity index (χ0) is 16.1. The van der Waals surface area contributed by atoms with Gasteiger partial charge in [-0.15, -0.1) is 0 Å². The van der Waals surface area contributed by atoms with Crippen LogP contribution in [0.15, 0.2) is 30.3 Å². The fourth-order valence-corrected chi connectivity index (χ4v) is 2.00. The summed E-state index contributed by atoms with van der Waals surface area (Å²) in [6.45, 7) is 2.28. The molecule has 22 heavy (non-hydrogen) atoms. The standard InChI is InChI=1S/C15H19N5O2/c1-10-7-13(16)20(19-10)9-14(21)18-8-11-3-5-12(6-4-11)15(22)17-2/h3-7H,8-9,16H2,1-2H3,(H,17,22)(H,18,21). The smallest absolute Gasteiger partial charge is 0.251 e. The summed E-state index contributed by atoms with van der Waals surface area (Å²) in [4.78, 5) is 23.3. The first-order valence-electron chi connectivity index (χ1n) is 6.87. The highest BCUT2D eigenvalue weighted by molar-refractivity contribution is 5.93. The van der Waals surface area contributed by atoms with Crippen molar-refractivity contribution in [1.29, 1.82) is 0 Å². The molecule has 0 saturated carbocycles. The molecule has 1 aromatic heterocycles. The number of carbonyl (C=O) groups excluding carboxylic acids is 2. The summed E-state index contributed by atoms with van der Waals surface area (Å²) in [6, 6.07) is 8.75. The van der Waals surface area contributed by atoms with Crippen LogP contribution in [0.2, 0.25) is 0 Å². The number of nitrogens with two attached hydrogens (primary N) is 1. The molecule has 116 valence electrons. The van der Waals surface area contributed by atoms with Gasteiger partial charge in [0.1, 0.15) is 12.4 Å². The van der Waals surface area contributed by atoms with Crippen LogP contribution in [0.25, 0.3) is 0 Å². The summed E-state index contributed by atoms with van der Waals surface area (Å²) in [7, 11) is 1.58. The number of nitrogens with one attached hydrogen (secondary N) is 2. The van der Waals surface area contributed by atoms with Crippen molar-refractivity contribution in [2.24, 2.45) is 0 Å². The van der Waals surface area contributed by atoms with Gasteiger partial charge >= 0.3 is 0 Å². The van der Waals surface area contributed by atoms with E-state index in [2.05, 4.69) is 15.7 Å². The first kappa shape index (κ1) is 15.6. The van der Waals surface area contributed by atoms with E-state index in [4.69, 9.17) is 5.73 Å². The van der Waals surface area contributed by atoms with Gasteiger partial charge in [-0.2, -0.15) is 5.10 Å². The number of carbonyl (C=O) groups is 2. The molecule has 0 aliphatic carbocycles. The van der Waals surface area contributed by atoms with Crippen molar-refractivity contribution >= 4 is 17.6 Å². The predicted molar refractivity (Wildman–Crippen MR) is 83.1 cm³/mol. The first-order chi connectivity index (χ1) is 10.5. The first-order valence-corrected chi connectivity index (χ1v) is 6.87. The van der Waals surface area contributed by atoms with Crippen LogP contribution in [0.5, 0.6) is 0 Å². The molecule has 0 radical (unpaired) electrons. The van der Waals surface area contributed by atoms with Crippen molar-refractivity contribution in [3.63, 3.8) is 0 Å². The second-order valence-corrected chi connectivity index (χ2v) is 4.92. The van der Waals surface area contributed by atoms with Crippen LogP contribution in [0.1, 0.15) is 21.6 Å². The van der Waals surface area contributed by atoms with Gasteiger partial charge in [-0.3, -0.25) is 9.59 Å². The molecule has 0 aliphatic rings. The molecular weight excluding hydrogens is 282 g/mol. The van der Waals surface area contributed by atoms with Crippen LogP contribution >= 0.6 is 0 Å². The lowest BCUT2D eigenvalue weighted by Gasteiger charge is -2.07. The lowest BCUT2D eigenvalue weighted by Crippen LogP contribution is -2.28. The molecule has 0 aliphatic heterocycles. The number of nitrogens with zero attached hydrogens (tertiary/aromatic N) is 2. The Morgan fingerprint density at radius 1 is 1.27 bits per heavy atom. The Morgan fingerprint density at radius 3 is 2.50 bits per heavy atom. The molecule has 0 atom stereocenters. The van der Waals surface area contributed by atoms with Gasteiger partial charge in [-0.25, -0.2) is 4.68 Å². The number of rotatable bonds is 5. The maximum Gasteiger partial charge on any atom is 0.251 e. The summed E-state index contributed by atoms with van der Waals surface area (Å²) in [5, 5.41) is 9.48. The van der Waals surface area contributed by atoms with E-state index >= 15 is 0 Å². The van der Waals surface area contributed by atoms with Crippen LogP contribution in [0, 0.1) is 6.92 Å². The van der Waals surface area contributed by atoms with Crippen LogP contribution < -0.4 is 16.4 Å². The number of hydrogen-bond donors (Lipinski definition) is 3. The molecule has 4 N–H and O–H groups in total. The van der Waals surface area contributed by atoms with Crippen LogP contribution in [-0.4, -0.2) is 28.6 Å². The van der Waals surface area contributed by atoms with Gasteiger partial charge in [0.15, 0.2) is 0 Å². The third kappa shape index (κ3) is 3.85. The second-order valence-electron chi connectivity index (χ2n) is 4.92. The fraction of sp³-hybridized carbons (Fsp3) is 0.267. The van der Waals surface area contributed by atoms with Gasteiger partial charge in [-0.1, -0.05) is 12.1 Å². The third-order valence-electron chi connectivity index (χ3n) is 3.16. The van der Waals surface area contributed by atoms with Gasteiger partial charge in [-0.05, 0) is 24.6 Å². The zero-order valence-corrected chi connectivity index (χ0v) is 12.6. The molecule has 7 heteroatoms. The number of aryl methyl sites for hydroxylation is 1. The summed E-state index contributed by atoms with van der Waals surface area (Å²) in [5.74, 6) is 0.146. The van der Waals surface area contributed by atoms with Gasteiger partial charge in [0.05, 0.1) is 5.69 Å². The highest BCUT2D eigenvalue weighted by atomic mass is 16.2. The van der Waals surface area contributed by atoms with Crippen LogP contribution in [0.4, 0.5) is 5.82 Å². The molecule has 2 rings (SSSR count). The zero-order valence-electron chi connectivity index (χ0n) is 12.6. The largest absolute Gasteiger partial charge is 0.384 e. The van der Waals surface area contributed by atoms with Crippen LogP contribution in [-0.2, 0) is 17.9 Å². The molecule has 2 aromatic rings. The van der Waals surface area contributed by atoms with Crippen molar-refractivity contribution in [1.82, 2.24) is 20.4 Å². The Morgan fingerprint density at radius 2 is 1.95 bits per heavy atom. The van der Waals surface area contributed by atoms with E-state index in [1.165, 1.54) is 4.68 Å². The molecule has 7 nitrogen and oxygen atoms in total. The van der Waals surface area contributed by atoms with E-state index in [0.29, 0.717) is 17.9 Å². The Balaban J connectivity index is 1.88. The maximum absolute atomic E-state index is 11.9. The SMILES string of the molecule is CNC(=O)c1ccc(CNC(=O)Cn2nc(C)cc2N)cc1. The van der Waals surface area contributed by atoms with Crippen LogP contribution in [0.3, 0.4) is 0 Å². The quantitative estimate of drug-likeness (QED) is 0.746. The molecule has 0 saturated heterocycles. The normalized spacial score (nSPS) is 10.3. The summed E-state index contributed by atoms with van der Waals surface area (Å²) >= 11 is 0. The van der Waals surface area contributed by atoms with Gasteiger partial charge < -0.3 is 16.4 Å². The van der Waals surface area contributed by atoms with E-state index in [1.807, 2.05) is 6.92 Å². The minimum atomic E-state index is -0.176. The number of nitrogen functional groups attached to an aromatic ring is 1. The predicted octanol–water partition coefficient (Wildman–Crippen LogP) is 0.450. The minimum Gasteiger partial charge on any atom is -0.384 e.